The van der Waals surface area contributed by atoms with E-state index in [0.717, 1.165) is 5.56 Å². The van der Waals surface area contributed by atoms with Gasteiger partial charge in [0.1, 0.15) is 0 Å². The Hall–Kier alpha value is -1.06. The minimum atomic E-state index is -0.592. The molecule has 1 aromatic carbocycles. The molecule has 0 radical (unpaired) electrons. The van der Waals surface area contributed by atoms with Gasteiger partial charge in [0.05, 0.1) is 6.10 Å². The van der Waals surface area contributed by atoms with Crippen molar-refractivity contribution in [2.24, 2.45) is 5.92 Å². The maximum atomic E-state index is 11.4. The normalized spacial score (nSPS) is 22.6. The van der Waals surface area contributed by atoms with Crippen molar-refractivity contribution in [3.63, 3.8) is 0 Å². The fourth-order valence-corrected chi connectivity index (χ4v) is 2.17. The largest absolute Gasteiger partial charge is 0.388 e. The molecule has 0 aromatic heterocycles. The molecule has 2 unspecified atom stereocenters. The molecular weight excluding hydrogens is 226 g/mol. The van der Waals surface area contributed by atoms with Crippen LogP contribution in [0.3, 0.4) is 0 Å². The molecular formula is C12H14ClNO2. The molecule has 1 aliphatic heterocycles. The smallest absolute Gasteiger partial charge is 0.222 e. The molecule has 1 amide bonds. The lowest BCUT2D eigenvalue weighted by molar-refractivity contribution is -0.126. The van der Waals surface area contributed by atoms with E-state index in [1.807, 2.05) is 0 Å². The molecule has 4 heteroatoms. The Bertz CT molecular complexity index is 391. The molecule has 86 valence electrons. The average molecular weight is 240 g/mol. The number of amides is 1. The van der Waals surface area contributed by atoms with Gasteiger partial charge in [-0.3, -0.25) is 4.79 Å². The molecule has 2 atom stereocenters. The summed E-state index contributed by atoms with van der Waals surface area (Å²) in [5.41, 5.74) is 0.817. The van der Waals surface area contributed by atoms with Crippen molar-refractivity contribution in [1.82, 2.24) is 4.90 Å². The number of aliphatic hydroxyl groups is 1. The molecule has 1 N–H and O–H groups in total. The number of benzene rings is 1. The lowest BCUT2D eigenvalue weighted by atomic mass is 9.95. The van der Waals surface area contributed by atoms with Crippen LogP contribution in [0, 0.1) is 5.92 Å². The number of halogens is 1. The highest BCUT2D eigenvalue weighted by atomic mass is 35.5. The zero-order chi connectivity index (χ0) is 11.7. The van der Waals surface area contributed by atoms with Crippen LogP contribution in [-0.2, 0) is 4.79 Å². The monoisotopic (exact) mass is 239 g/mol. The standard InChI is InChI=1S/C12H14ClNO2/c1-14-7-9(6-11(14)15)12(16)8-2-4-10(13)5-3-8/h2-5,9,12,16H,6-7H2,1H3. The summed E-state index contributed by atoms with van der Waals surface area (Å²) in [7, 11) is 1.76. The highest BCUT2D eigenvalue weighted by Crippen LogP contribution is 2.30. The third-order valence-corrected chi connectivity index (χ3v) is 3.28. The van der Waals surface area contributed by atoms with Crippen LogP contribution < -0.4 is 0 Å². The number of likely N-dealkylation sites (tertiary alicyclic amines) is 1. The summed E-state index contributed by atoms with van der Waals surface area (Å²) in [6.45, 7) is 0.614. The van der Waals surface area contributed by atoms with Crippen LogP contribution in [0.5, 0.6) is 0 Å². The SMILES string of the molecule is CN1CC(C(O)c2ccc(Cl)cc2)CC1=O. The topological polar surface area (TPSA) is 40.5 Å². The van der Waals surface area contributed by atoms with E-state index in [2.05, 4.69) is 0 Å². The number of hydrogen-bond acceptors (Lipinski definition) is 2. The Balaban J connectivity index is 2.11. The van der Waals surface area contributed by atoms with E-state index < -0.39 is 6.10 Å². The maximum absolute atomic E-state index is 11.4. The zero-order valence-corrected chi connectivity index (χ0v) is 9.81. The van der Waals surface area contributed by atoms with Gasteiger partial charge in [0.15, 0.2) is 0 Å². The van der Waals surface area contributed by atoms with Crippen molar-refractivity contribution in [2.45, 2.75) is 12.5 Å². The minimum Gasteiger partial charge on any atom is -0.388 e. The van der Waals surface area contributed by atoms with Crippen LogP contribution >= 0.6 is 11.6 Å². The molecule has 1 aromatic rings. The highest BCUT2D eigenvalue weighted by molar-refractivity contribution is 6.30. The first kappa shape index (κ1) is 11.4. The van der Waals surface area contributed by atoms with Crippen LogP contribution in [0.15, 0.2) is 24.3 Å². The Labute approximate surface area is 99.6 Å². The number of carbonyl (C=O) groups is 1. The van der Waals surface area contributed by atoms with E-state index in [1.165, 1.54) is 0 Å². The maximum Gasteiger partial charge on any atom is 0.222 e. The van der Waals surface area contributed by atoms with Crippen LogP contribution in [0.2, 0.25) is 5.02 Å². The molecule has 0 bridgehead atoms. The summed E-state index contributed by atoms with van der Waals surface area (Å²) < 4.78 is 0. The first-order valence-electron chi connectivity index (χ1n) is 5.25. The number of rotatable bonds is 2. The van der Waals surface area contributed by atoms with Gasteiger partial charge in [-0.05, 0) is 17.7 Å². The van der Waals surface area contributed by atoms with Gasteiger partial charge in [-0.1, -0.05) is 23.7 Å². The highest BCUT2D eigenvalue weighted by Gasteiger charge is 2.32. The second kappa shape index (κ2) is 4.44. The Morgan fingerprint density at radius 3 is 2.56 bits per heavy atom. The quantitative estimate of drug-likeness (QED) is 0.856. The number of hydrogen-bond donors (Lipinski definition) is 1. The van der Waals surface area contributed by atoms with Gasteiger partial charge in [0.25, 0.3) is 0 Å². The van der Waals surface area contributed by atoms with Gasteiger partial charge in [-0.2, -0.15) is 0 Å². The summed E-state index contributed by atoms with van der Waals surface area (Å²) in [6.07, 6.45) is -0.175. The molecule has 2 rings (SSSR count). The third kappa shape index (κ3) is 2.20. The Kier molecular flexibility index (Phi) is 3.17. The molecule has 16 heavy (non-hydrogen) atoms. The van der Waals surface area contributed by atoms with Gasteiger partial charge in [-0.15, -0.1) is 0 Å². The fraction of sp³-hybridized carbons (Fsp3) is 0.417. The summed E-state index contributed by atoms with van der Waals surface area (Å²) in [6, 6.07) is 7.10. The number of nitrogens with zero attached hydrogens (tertiary/aromatic N) is 1. The van der Waals surface area contributed by atoms with Crippen LogP contribution in [0.4, 0.5) is 0 Å². The number of aliphatic hydroxyl groups excluding tert-OH is 1. The predicted molar refractivity (Wildman–Crippen MR) is 62.2 cm³/mol. The second-order valence-corrected chi connectivity index (χ2v) is 4.67. The Morgan fingerprint density at radius 2 is 2.06 bits per heavy atom. The predicted octanol–water partition coefficient (Wildman–Crippen LogP) is 1.85. The van der Waals surface area contributed by atoms with Crippen molar-refractivity contribution in [2.75, 3.05) is 13.6 Å². The van der Waals surface area contributed by atoms with E-state index in [-0.39, 0.29) is 11.8 Å². The van der Waals surface area contributed by atoms with Gasteiger partial charge in [-0.25, -0.2) is 0 Å². The van der Waals surface area contributed by atoms with Crippen LogP contribution in [0.25, 0.3) is 0 Å². The molecule has 1 heterocycles. The van der Waals surface area contributed by atoms with Crippen molar-refractivity contribution < 1.29 is 9.90 Å². The van der Waals surface area contributed by atoms with Gasteiger partial charge < -0.3 is 10.0 Å². The van der Waals surface area contributed by atoms with E-state index in [1.54, 1.807) is 36.2 Å². The minimum absolute atomic E-state index is 0.0151. The Morgan fingerprint density at radius 1 is 1.44 bits per heavy atom. The average Bonchev–Trinajstić information content (AvgIpc) is 2.59. The molecule has 3 nitrogen and oxygen atoms in total. The van der Waals surface area contributed by atoms with E-state index >= 15 is 0 Å². The summed E-state index contributed by atoms with van der Waals surface area (Å²) in [5, 5.41) is 10.8. The van der Waals surface area contributed by atoms with Crippen LogP contribution in [0.1, 0.15) is 18.1 Å². The summed E-state index contributed by atoms with van der Waals surface area (Å²) in [4.78, 5) is 13.0. The fourth-order valence-electron chi connectivity index (χ4n) is 2.04. The molecule has 1 fully saturated rings. The van der Waals surface area contributed by atoms with Crippen LogP contribution in [-0.4, -0.2) is 29.5 Å². The first-order chi connectivity index (χ1) is 7.58. The van der Waals surface area contributed by atoms with Crippen molar-refractivity contribution in [3.8, 4) is 0 Å². The molecule has 0 saturated carbocycles. The van der Waals surface area contributed by atoms with E-state index in [9.17, 15) is 9.90 Å². The van der Waals surface area contributed by atoms with Crippen molar-refractivity contribution >= 4 is 17.5 Å². The van der Waals surface area contributed by atoms with Crippen molar-refractivity contribution in [1.29, 1.82) is 0 Å². The molecule has 0 spiro atoms. The van der Waals surface area contributed by atoms with E-state index in [4.69, 9.17) is 11.6 Å². The van der Waals surface area contributed by atoms with Gasteiger partial charge >= 0.3 is 0 Å². The van der Waals surface area contributed by atoms with Gasteiger partial charge in [0, 0.05) is 31.0 Å². The van der Waals surface area contributed by atoms with E-state index in [0.29, 0.717) is 18.0 Å². The lowest BCUT2D eigenvalue weighted by Crippen LogP contribution is -2.20. The molecule has 1 saturated heterocycles. The lowest BCUT2D eigenvalue weighted by Gasteiger charge is -2.17. The summed E-state index contributed by atoms with van der Waals surface area (Å²) in [5.74, 6) is 0.0803. The van der Waals surface area contributed by atoms with Gasteiger partial charge in [0.2, 0.25) is 5.91 Å². The first-order valence-corrected chi connectivity index (χ1v) is 5.63. The second-order valence-electron chi connectivity index (χ2n) is 4.23. The van der Waals surface area contributed by atoms with Crippen molar-refractivity contribution in [3.05, 3.63) is 34.9 Å². The molecule has 1 aliphatic rings. The third-order valence-electron chi connectivity index (χ3n) is 3.03. The zero-order valence-electron chi connectivity index (χ0n) is 9.06. The molecule has 0 aliphatic carbocycles. The summed E-state index contributed by atoms with van der Waals surface area (Å²) >= 11 is 5.78. The number of carbonyl (C=O) groups excluding carboxylic acids is 1.